The topological polar surface area (TPSA) is 16.4 Å². The Labute approximate surface area is 360 Å². The van der Waals surface area contributed by atoms with E-state index >= 15 is 0 Å². The molecule has 2 nitrogen and oxygen atoms in total. The molecule has 0 aliphatic heterocycles. The smallest absolute Gasteiger partial charge is 0.135 e. The Kier molecular flexibility index (Phi) is 8.53. The number of hydrogen-bond acceptors (Lipinski definition) is 2. The first kappa shape index (κ1) is 35.7. The SMILES string of the molecule is c1ccc(-c2c(-c3ccccc3)c3cc(-c4ccccc4N(c4ccc(-c5cccc6ccccc56)cc4)c4ccc5oc6ccccc6c5c4)ccc3c3ccccc23)cc1. The first-order valence-corrected chi connectivity index (χ1v) is 21.3. The van der Waals surface area contributed by atoms with E-state index in [1.54, 1.807) is 0 Å². The lowest BCUT2D eigenvalue weighted by Crippen LogP contribution is -2.11. The van der Waals surface area contributed by atoms with Gasteiger partial charge in [-0.15, -0.1) is 0 Å². The van der Waals surface area contributed by atoms with Crippen LogP contribution in [0.4, 0.5) is 17.1 Å². The zero-order valence-corrected chi connectivity index (χ0v) is 33.9. The molecule has 0 unspecified atom stereocenters. The molecule has 1 heterocycles. The molecule has 12 aromatic rings. The van der Waals surface area contributed by atoms with Crippen LogP contribution >= 0.6 is 0 Å². The Morgan fingerprint density at radius 1 is 0.274 bits per heavy atom. The summed E-state index contributed by atoms with van der Waals surface area (Å²) >= 11 is 0. The number of para-hydroxylation sites is 2. The lowest BCUT2D eigenvalue weighted by molar-refractivity contribution is 0.669. The molecule has 12 rings (SSSR count). The fraction of sp³-hybridized carbons (Fsp3) is 0. The molecule has 0 amide bonds. The van der Waals surface area contributed by atoms with Gasteiger partial charge in [-0.25, -0.2) is 0 Å². The fourth-order valence-electron chi connectivity index (χ4n) is 9.63. The van der Waals surface area contributed by atoms with Crippen molar-refractivity contribution in [2.24, 2.45) is 0 Å². The third-order valence-electron chi connectivity index (χ3n) is 12.5. The second kappa shape index (κ2) is 14.8. The first-order valence-electron chi connectivity index (χ1n) is 21.3. The molecule has 290 valence electrons. The van der Waals surface area contributed by atoms with Gasteiger partial charge in [-0.2, -0.15) is 0 Å². The predicted molar refractivity (Wildman–Crippen MR) is 263 cm³/mol. The first-order chi connectivity index (χ1) is 30.8. The van der Waals surface area contributed by atoms with E-state index in [-0.39, 0.29) is 0 Å². The van der Waals surface area contributed by atoms with Crippen LogP contribution in [0.2, 0.25) is 0 Å². The van der Waals surface area contributed by atoms with Gasteiger partial charge in [-0.3, -0.25) is 0 Å². The molecule has 0 spiro atoms. The Morgan fingerprint density at radius 2 is 0.823 bits per heavy atom. The summed E-state index contributed by atoms with van der Waals surface area (Å²) in [4.78, 5) is 2.40. The average Bonchev–Trinajstić information content (AvgIpc) is 3.72. The molecule has 0 N–H and O–H groups in total. The molecular formula is C60H39NO. The number of furan rings is 1. The molecule has 2 heteroatoms. The molecule has 0 aliphatic rings. The van der Waals surface area contributed by atoms with Crippen LogP contribution in [0.25, 0.3) is 98.8 Å². The summed E-state index contributed by atoms with van der Waals surface area (Å²) in [6, 6.07) is 85.6. The molecule has 0 radical (unpaired) electrons. The van der Waals surface area contributed by atoms with E-state index < -0.39 is 0 Å². The summed E-state index contributed by atoms with van der Waals surface area (Å²) in [5.74, 6) is 0. The molecule has 0 bridgehead atoms. The maximum atomic E-state index is 6.33. The molecule has 1 aromatic heterocycles. The van der Waals surface area contributed by atoms with Gasteiger partial charge in [0.1, 0.15) is 11.2 Å². The van der Waals surface area contributed by atoms with E-state index in [0.717, 1.165) is 50.1 Å². The van der Waals surface area contributed by atoms with E-state index in [1.807, 2.05) is 12.1 Å². The number of nitrogens with zero attached hydrogens (tertiary/aromatic N) is 1. The molecular weight excluding hydrogens is 751 g/mol. The maximum Gasteiger partial charge on any atom is 0.135 e. The minimum Gasteiger partial charge on any atom is -0.456 e. The number of benzene rings is 11. The van der Waals surface area contributed by atoms with Crippen molar-refractivity contribution in [2.45, 2.75) is 0 Å². The van der Waals surface area contributed by atoms with Crippen molar-refractivity contribution < 1.29 is 4.42 Å². The van der Waals surface area contributed by atoms with Gasteiger partial charge in [0.25, 0.3) is 0 Å². The monoisotopic (exact) mass is 789 g/mol. The predicted octanol–water partition coefficient (Wildman–Crippen LogP) is 17.2. The molecule has 0 saturated heterocycles. The van der Waals surface area contributed by atoms with Gasteiger partial charge in [0.15, 0.2) is 0 Å². The van der Waals surface area contributed by atoms with Crippen molar-refractivity contribution in [1.82, 2.24) is 0 Å². The maximum absolute atomic E-state index is 6.33. The van der Waals surface area contributed by atoms with Crippen LogP contribution in [0.5, 0.6) is 0 Å². The second-order valence-electron chi connectivity index (χ2n) is 16.0. The summed E-state index contributed by atoms with van der Waals surface area (Å²) in [5, 5.41) is 9.63. The van der Waals surface area contributed by atoms with Gasteiger partial charge < -0.3 is 9.32 Å². The molecule has 0 saturated carbocycles. The van der Waals surface area contributed by atoms with E-state index in [0.29, 0.717) is 0 Å². The van der Waals surface area contributed by atoms with E-state index in [2.05, 4.69) is 229 Å². The Bertz CT molecular complexity index is 3620. The standard InChI is InChI=1S/C60H39NO/c1-3-17-42(18-4-1)59-53-26-10-9-24-50(53)51-36-32-44(38-55(51)60(59)43-19-5-2-6-20-43)49-23-11-13-28-56(49)61(46-35-37-58-54(39-46)52-25-12-14-29-57(52)62-58)45-33-30-41(31-34-45)48-27-15-21-40-16-7-8-22-47(40)48/h1-39H. The van der Waals surface area contributed by atoms with Crippen LogP contribution in [-0.4, -0.2) is 0 Å². The summed E-state index contributed by atoms with van der Waals surface area (Å²) < 4.78 is 6.33. The van der Waals surface area contributed by atoms with Crippen molar-refractivity contribution in [3.05, 3.63) is 237 Å². The van der Waals surface area contributed by atoms with E-state index in [4.69, 9.17) is 4.42 Å². The third-order valence-corrected chi connectivity index (χ3v) is 12.5. The van der Waals surface area contributed by atoms with Gasteiger partial charge in [0.2, 0.25) is 0 Å². The number of rotatable bonds is 7. The van der Waals surface area contributed by atoms with Crippen molar-refractivity contribution in [1.29, 1.82) is 0 Å². The largest absolute Gasteiger partial charge is 0.456 e. The highest BCUT2D eigenvalue weighted by molar-refractivity contribution is 6.22. The summed E-state index contributed by atoms with van der Waals surface area (Å²) in [6.07, 6.45) is 0. The van der Waals surface area contributed by atoms with Crippen molar-refractivity contribution in [3.8, 4) is 44.5 Å². The Balaban J connectivity index is 1.09. The summed E-state index contributed by atoms with van der Waals surface area (Å²) in [6.45, 7) is 0. The minimum absolute atomic E-state index is 0.874. The van der Waals surface area contributed by atoms with Crippen LogP contribution in [0.3, 0.4) is 0 Å². The van der Waals surface area contributed by atoms with Crippen LogP contribution < -0.4 is 4.90 Å². The van der Waals surface area contributed by atoms with E-state index in [9.17, 15) is 0 Å². The van der Waals surface area contributed by atoms with Gasteiger partial charge >= 0.3 is 0 Å². The van der Waals surface area contributed by atoms with E-state index in [1.165, 1.54) is 65.7 Å². The summed E-state index contributed by atoms with van der Waals surface area (Å²) in [5.41, 5.74) is 14.5. The molecule has 0 fully saturated rings. The molecule has 0 aliphatic carbocycles. The molecule has 0 atom stereocenters. The minimum atomic E-state index is 0.874. The Morgan fingerprint density at radius 3 is 1.61 bits per heavy atom. The summed E-state index contributed by atoms with van der Waals surface area (Å²) in [7, 11) is 0. The van der Waals surface area contributed by atoms with Gasteiger partial charge in [-0.1, -0.05) is 188 Å². The zero-order chi connectivity index (χ0) is 41.0. The van der Waals surface area contributed by atoms with Gasteiger partial charge in [0.05, 0.1) is 5.69 Å². The second-order valence-corrected chi connectivity index (χ2v) is 16.0. The Hall–Kier alpha value is -8.20. The highest BCUT2D eigenvalue weighted by Crippen LogP contribution is 2.48. The zero-order valence-electron chi connectivity index (χ0n) is 33.9. The highest BCUT2D eigenvalue weighted by atomic mass is 16.3. The van der Waals surface area contributed by atoms with Crippen molar-refractivity contribution >= 4 is 71.3 Å². The number of anilines is 3. The average molecular weight is 790 g/mol. The molecule has 11 aromatic carbocycles. The normalized spacial score (nSPS) is 11.5. The van der Waals surface area contributed by atoms with Crippen LogP contribution in [0, 0.1) is 0 Å². The third kappa shape index (κ3) is 5.96. The highest BCUT2D eigenvalue weighted by Gasteiger charge is 2.22. The lowest BCUT2D eigenvalue weighted by Gasteiger charge is -2.28. The molecule has 62 heavy (non-hydrogen) atoms. The lowest BCUT2D eigenvalue weighted by atomic mass is 9.84. The van der Waals surface area contributed by atoms with Crippen LogP contribution in [-0.2, 0) is 0 Å². The van der Waals surface area contributed by atoms with Gasteiger partial charge in [-0.05, 0) is 120 Å². The fourth-order valence-corrected chi connectivity index (χ4v) is 9.63. The van der Waals surface area contributed by atoms with Crippen LogP contribution in [0.1, 0.15) is 0 Å². The van der Waals surface area contributed by atoms with Gasteiger partial charge in [0, 0.05) is 27.7 Å². The van der Waals surface area contributed by atoms with Crippen molar-refractivity contribution in [3.63, 3.8) is 0 Å². The van der Waals surface area contributed by atoms with Crippen molar-refractivity contribution in [2.75, 3.05) is 4.90 Å². The van der Waals surface area contributed by atoms with Crippen LogP contribution in [0.15, 0.2) is 241 Å². The number of fused-ring (bicyclic) bond motifs is 7. The number of hydrogen-bond donors (Lipinski definition) is 0. The quantitative estimate of drug-likeness (QED) is 0.150.